The lowest BCUT2D eigenvalue weighted by Crippen LogP contribution is -2.31. The first-order chi connectivity index (χ1) is 7.54. The van der Waals surface area contributed by atoms with Gasteiger partial charge in [-0.1, -0.05) is 27.7 Å². The van der Waals surface area contributed by atoms with E-state index in [-0.39, 0.29) is 11.8 Å². The van der Waals surface area contributed by atoms with Crippen LogP contribution in [0.2, 0.25) is 0 Å². The van der Waals surface area contributed by atoms with Crippen LogP contribution in [0.15, 0.2) is 0 Å². The Kier molecular flexibility index (Phi) is 9.24. The molecule has 0 atom stereocenters. The summed E-state index contributed by atoms with van der Waals surface area (Å²) in [6.45, 7) is 11.1. The molecule has 0 fully saturated rings. The molecule has 0 radical (unpaired) electrons. The van der Waals surface area contributed by atoms with Crippen molar-refractivity contribution < 1.29 is 14.3 Å². The number of hydrogen-bond acceptors (Lipinski definition) is 3. The Morgan fingerprint density at radius 1 is 1.06 bits per heavy atom. The van der Waals surface area contributed by atoms with Gasteiger partial charge in [-0.2, -0.15) is 0 Å². The molecule has 0 aromatic heterocycles. The normalized spacial score (nSPS) is 11.1. The maximum Gasteiger partial charge on any atom is 0.222 e. The first-order valence-electron chi connectivity index (χ1n) is 5.97. The van der Waals surface area contributed by atoms with Crippen molar-refractivity contribution in [2.45, 2.75) is 27.7 Å². The van der Waals surface area contributed by atoms with Crippen LogP contribution in [0.5, 0.6) is 0 Å². The van der Waals surface area contributed by atoms with Gasteiger partial charge < -0.3 is 14.8 Å². The maximum atomic E-state index is 11.2. The Morgan fingerprint density at radius 2 is 1.69 bits per heavy atom. The molecule has 0 aliphatic carbocycles. The van der Waals surface area contributed by atoms with E-state index in [1.165, 1.54) is 0 Å². The molecule has 0 heterocycles. The topological polar surface area (TPSA) is 47.6 Å². The molecule has 96 valence electrons. The van der Waals surface area contributed by atoms with Crippen LogP contribution >= 0.6 is 0 Å². The van der Waals surface area contributed by atoms with Crippen molar-refractivity contribution in [3.05, 3.63) is 0 Å². The van der Waals surface area contributed by atoms with E-state index in [1.54, 1.807) is 0 Å². The summed E-state index contributed by atoms with van der Waals surface area (Å²) in [4.78, 5) is 11.2. The molecule has 0 spiro atoms. The smallest absolute Gasteiger partial charge is 0.222 e. The molecule has 0 aromatic carbocycles. The highest BCUT2D eigenvalue weighted by Crippen LogP contribution is 1.92. The van der Waals surface area contributed by atoms with E-state index in [0.29, 0.717) is 32.3 Å². The number of rotatable bonds is 9. The molecule has 0 saturated heterocycles. The molecular weight excluding hydrogens is 206 g/mol. The monoisotopic (exact) mass is 231 g/mol. The molecule has 0 aliphatic rings. The first kappa shape index (κ1) is 15.4. The fraction of sp³-hybridized carbons (Fsp3) is 0.917. The molecule has 0 unspecified atom stereocenters. The van der Waals surface area contributed by atoms with Gasteiger partial charge in [0, 0.05) is 19.1 Å². The summed E-state index contributed by atoms with van der Waals surface area (Å²) < 4.78 is 10.7. The molecule has 0 bridgehead atoms. The predicted molar refractivity (Wildman–Crippen MR) is 64.3 cm³/mol. The van der Waals surface area contributed by atoms with Crippen LogP contribution in [0.3, 0.4) is 0 Å². The lowest BCUT2D eigenvalue weighted by molar-refractivity contribution is -0.124. The summed E-state index contributed by atoms with van der Waals surface area (Å²) in [5, 5.41) is 2.79. The van der Waals surface area contributed by atoms with Crippen molar-refractivity contribution in [1.82, 2.24) is 5.32 Å². The van der Waals surface area contributed by atoms with Gasteiger partial charge in [0.25, 0.3) is 0 Å². The van der Waals surface area contributed by atoms with E-state index < -0.39 is 0 Å². The van der Waals surface area contributed by atoms with E-state index in [0.717, 1.165) is 6.61 Å². The Morgan fingerprint density at radius 3 is 2.25 bits per heavy atom. The fourth-order valence-electron chi connectivity index (χ4n) is 0.989. The van der Waals surface area contributed by atoms with Gasteiger partial charge in [0.1, 0.15) is 0 Å². The van der Waals surface area contributed by atoms with Gasteiger partial charge in [-0.25, -0.2) is 0 Å². The zero-order valence-electron chi connectivity index (χ0n) is 10.9. The predicted octanol–water partition coefficient (Wildman–Crippen LogP) is 1.45. The van der Waals surface area contributed by atoms with E-state index in [4.69, 9.17) is 9.47 Å². The number of ether oxygens (including phenoxy) is 2. The molecule has 4 nitrogen and oxygen atoms in total. The van der Waals surface area contributed by atoms with Crippen LogP contribution in [-0.2, 0) is 14.3 Å². The first-order valence-corrected chi connectivity index (χ1v) is 5.97. The second kappa shape index (κ2) is 9.60. The van der Waals surface area contributed by atoms with Crippen molar-refractivity contribution in [2.24, 2.45) is 11.8 Å². The van der Waals surface area contributed by atoms with Crippen molar-refractivity contribution in [1.29, 1.82) is 0 Å². The molecule has 0 aromatic rings. The SMILES string of the molecule is CC(C)COCCOCCNC(=O)C(C)C. The standard InChI is InChI=1S/C12H25NO3/c1-10(2)9-16-8-7-15-6-5-13-12(14)11(3)4/h10-11H,5-9H2,1-4H3,(H,13,14). The van der Waals surface area contributed by atoms with E-state index >= 15 is 0 Å². The van der Waals surface area contributed by atoms with Gasteiger partial charge in [-0.05, 0) is 5.92 Å². The second-order valence-corrected chi connectivity index (χ2v) is 4.53. The lowest BCUT2D eigenvalue weighted by atomic mass is 10.2. The largest absolute Gasteiger partial charge is 0.379 e. The van der Waals surface area contributed by atoms with Gasteiger partial charge in [0.05, 0.1) is 19.8 Å². The van der Waals surface area contributed by atoms with Crippen molar-refractivity contribution in [2.75, 3.05) is 33.0 Å². The van der Waals surface area contributed by atoms with Crippen LogP contribution < -0.4 is 5.32 Å². The minimum absolute atomic E-state index is 0.0365. The van der Waals surface area contributed by atoms with Crippen LogP contribution in [0.4, 0.5) is 0 Å². The Balaban J connectivity index is 3.13. The third-order valence-corrected chi connectivity index (χ3v) is 1.89. The van der Waals surface area contributed by atoms with Gasteiger partial charge in [0.15, 0.2) is 0 Å². The lowest BCUT2D eigenvalue weighted by Gasteiger charge is -2.09. The van der Waals surface area contributed by atoms with Crippen molar-refractivity contribution >= 4 is 5.91 Å². The average Bonchev–Trinajstić information content (AvgIpc) is 2.21. The second-order valence-electron chi connectivity index (χ2n) is 4.53. The van der Waals surface area contributed by atoms with Crippen LogP contribution in [-0.4, -0.2) is 38.9 Å². The number of carbonyl (C=O) groups is 1. The highest BCUT2D eigenvalue weighted by molar-refractivity contribution is 5.77. The van der Waals surface area contributed by atoms with Gasteiger partial charge in [-0.3, -0.25) is 4.79 Å². The summed E-state index contributed by atoms with van der Waals surface area (Å²) in [7, 11) is 0. The van der Waals surface area contributed by atoms with Crippen LogP contribution in [0.1, 0.15) is 27.7 Å². The Bertz CT molecular complexity index is 181. The molecular formula is C12H25NO3. The highest BCUT2D eigenvalue weighted by Gasteiger charge is 2.04. The highest BCUT2D eigenvalue weighted by atomic mass is 16.5. The summed E-state index contributed by atoms with van der Waals surface area (Å²) >= 11 is 0. The molecule has 16 heavy (non-hydrogen) atoms. The Labute approximate surface area is 98.7 Å². The molecule has 0 aliphatic heterocycles. The molecule has 4 heteroatoms. The number of amides is 1. The van der Waals surface area contributed by atoms with Crippen molar-refractivity contribution in [3.63, 3.8) is 0 Å². The quantitative estimate of drug-likeness (QED) is 0.611. The molecule has 0 saturated carbocycles. The summed E-state index contributed by atoms with van der Waals surface area (Å²) in [5.41, 5.74) is 0. The van der Waals surface area contributed by atoms with Gasteiger partial charge >= 0.3 is 0 Å². The maximum absolute atomic E-state index is 11.2. The number of carbonyl (C=O) groups excluding carboxylic acids is 1. The summed E-state index contributed by atoms with van der Waals surface area (Å²) in [6, 6.07) is 0. The number of hydrogen-bond donors (Lipinski definition) is 1. The summed E-state index contributed by atoms with van der Waals surface area (Å²) in [6.07, 6.45) is 0. The summed E-state index contributed by atoms with van der Waals surface area (Å²) in [5.74, 6) is 0.666. The minimum Gasteiger partial charge on any atom is -0.379 e. The number of nitrogens with one attached hydrogen (secondary N) is 1. The fourth-order valence-corrected chi connectivity index (χ4v) is 0.989. The van der Waals surface area contributed by atoms with Crippen molar-refractivity contribution in [3.8, 4) is 0 Å². The zero-order valence-corrected chi connectivity index (χ0v) is 10.9. The third kappa shape index (κ3) is 9.93. The molecule has 1 N–H and O–H groups in total. The average molecular weight is 231 g/mol. The molecule has 0 rings (SSSR count). The van der Waals surface area contributed by atoms with E-state index in [1.807, 2.05) is 13.8 Å². The van der Waals surface area contributed by atoms with E-state index in [2.05, 4.69) is 19.2 Å². The molecule has 1 amide bonds. The zero-order chi connectivity index (χ0) is 12.4. The van der Waals surface area contributed by atoms with Crippen LogP contribution in [0, 0.1) is 11.8 Å². The van der Waals surface area contributed by atoms with Gasteiger partial charge in [0.2, 0.25) is 5.91 Å². The van der Waals surface area contributed by atoms with E-state index in [9.17, 15) is 4.79 Å². The minimum atomic E-state index is 0.0365. The third-order valence-electron chi connectivity index (χ3n) is 1.89. The van der Waals surface area contributed by atoms with Gasteiger partial charge in [-0.15, -0.1) is 0 Å². The Hall–Kier alpha value is -0.610. The van der Waals surface area contributed by atoms with Crippen LogP contribution in [0.25, 0.3) is 0 Å².